The zero-order valence-electron chi connectivity index (χ0n) is 19.4. The highest BCUT2D eigenvalue weighted by atomic mass is 35.5. The van der Waals surface area contributed by atoms with Gasteiger partial charge in [-0.3, -0.25) is 9.10 Å². The number of anilines is 1. The topological polar surface area (TPSA) is 84.9 Å². The summed E-state index contributed by atoms with van der Waals surface area (Å²) in [5.74, 6) is 0.163. The van der Waals surface area contributed by atoms with Crippen LogP contribution in [0.4, 0.5) is 5.69 Å². The molecule has 0 unspecified atom stereocenters. The minimum Gasteiger partial charge on any atom is -0.493 e. The summed E-state index contributed by atoms with van der Waals surface area (Å²) >= 11 is 5.98. The molecular weight excluding hydrogens is 476 g/mol. The second kappa shape index (κ2) is 10.8. The fourth-order valence-electron chi connectivity index (χ4n) is 3.49. The number of hydrogen-bond acceptors (Lipinski definition) is 5. The van der Waals surface area contributed by atoms with Crippen molar-refractivity contribution in [2.45, 2.75) is 19.5 Å². The lowest BCUT2D eigenvalue weighted by Gasteiger charge is -2.26. The van der Waals surface area contributed by atoms with E-state index in [2.05, 4.69) is 5.32 Å². The highest BCUT2D eigenvalue weighted by Gasteiger charge is 2.27. The second-order valence-electron chi connectivity index (χ2n) is 7.73. The van der Waals surface area contributed by atoms with Crippen molar-refractivity contribution in [1.29, 1.82) is 0 Å². The molecule has 0 aliphatic carbocycles. The molecule has 0 spiro atoms. The highest BCUT2D eigenvalue weighted by molar-refractivity contribution is 7.92. The molecule has 3 aromatic carbocycles. The molecule has 9 heteroatoms. The number of carbonyl (C=O) groups excluding carboxylic acids is 1. The number of ether oxygens (including phenoxy) is 2. The van der Waals surface area contributed by atoms with Crippen LogP contribution in [0.3, 0.4) is 0 Å². The molecule has 1 amide bonds. The molecular formula is C25H27ClN2O5S. The van der Waals surface area contributed by atoms with Crippen LogP contribution >= 0.6 is 11.6 Å². The molecule has 0 heterocycles. The van der Waals surface area contributed by atoms with Crippen molar-refractivity contribution in [3.05, 3.63) is 88.4 Å². The summed E-state index contributed by atoms with van der Waals surface area (Å²) < 4.78 is 37.7. The van der Waals surface area contributed by atoms with E-state index < -0.39 is 15.9 Å². The molecule has 0 bridgehead atoms. The molecule has 34 heavy (non-hydrogen) atoms. The van der Waals surface area contributed by atoms with Gasteiger partial charge in [-0.05, 0) is 36.2 Å². The number of hydrogen-bond donors (Lipinski definition) is 1. The maximum absolute atomic E-state index is 13.4. The monoisotopic (exact) mass is 502 g/mol. The molecule has 0 saturated heterocycles. The van der Waals surface area contributed by atoms with Crippen molar-refractivity contribution in [1.82, 2.24) is 5.32 Å². The summed E-state index contributed by atoms with van der Waals surface area (Å²) in [6.07, 6.45) is 1.09. The Balaban J connectivity index is 2.09. The molecule has 1 atom stereocenters. The van der Waals surface area contributed by atoms with Gasteiger partial charge in [0.15, 0.2) is 11.5 Å². The zero-order chi connectivity index (χ0) is 24.9. The number of benzene rings is 3. The van der Waals surface area contributed by atoms with Crippen molar-refractivity contribution in [3.8, 4) is 11.5 Å². The van der Waals surface area contributed by atoms with Crippen molar-refractivity contribution in [2.24, 2.45) is 0 Å². The number of nitrogens with one attached hydrogen (secondary N) is 1. The van der Waals surface area contributed by atoms with E-state index in [0.29, 0.717) is 22.1 Å². The Kier molecular flexibility index (Phi) is 8.06. The first kappa shape index (κ1) is 25.4. The Morgan fingerprint density at radius 1 is 1.00 bits per heavy atom. The van der Waals surface area contributed by atoms with Crippen LogP contribution in [0.15, 0.2) is 66.7 Å². The van der Waals surface area contributed by atoms with Crippen molar-refractivity contribution < 1.29 is 22.7 Å². The third kappa shape index (κ3) is 6.01. The first-order chi connectivity index (χ1) is 16.1. The normalized spacial score (nSPS) is 12.0. The summed E-state index contributed by atoms with van der Waals surface area (Å²) in [6.45, 7) is 1.86. The van der Waals surface area contributed by atoms with E-state index in [0.717, 1.165) is 11.8 Å². The van der Waals surface area contributed by atoms with Crippen LogP contribution in [0, 0.1) is 0 Å². The van der Waals surface area contributed by atoms with Crippen LogP contribution in [0.5, 0.6) is 11.5 Å². The molecule has 180 valence electrons. The molecule has 0 radical (unpaired) electrons. The Morgan fingerprint density at radius 2 is 1.59 bits per heavy atom. The van der Waals surface area contributed by atoms with Crippen LogP contribution in [-0.4, -0.2) is 34.8 Å². The molecule has 7 nitrogen and oxygen atoms in total. The van der Waals surface area contributed by atoms with Gasteiger partial charge in [0.1, 0.15) is 0 Å². The first-order valence-corrected chi connectivity index (χ1v) is 12.7. The molecule has 0 saturated carbocycles. The van der Waals surface area contributed by atoms with Gasteiger partial charge < -0.3 is 14.8 Å². The van der Waals surface area contributed by atoms with Gasteiger partial charge in [0.25, 0.3) is 5.91 Å². The fraction of sp³-hybridized carbons (Fsp3) is 0.240. The Hall–Kier alpha value is -3.23. The van der Waals surface area contributed by atoms with Crippen LogP contribution in [0.2, 0.25) is 5.02 Å². The average molecular weight is 503 g/mol. The van der Waals surface area contributed by atoms with Gasteiger partial charge >= 0.3 is 0 Å². The van der Waals surface area contributed by atoms with E-state index in [1.807, 2.05) is 37.3 Å². The Bertz CT molecular complexity index is 1250. The third-order valence-electron chi connectivity index (χ3n) is 5.30. The summed E-state index contributed by atoms with van der Waals surface area (Å²) in [5, 5.41) is 3.48. The smallest absolute Gasteiger partial charge is 0.254 e. The van der Waals surface area contributed by atoms with E-state index in [4.69, 9.17) is 21.1 Å². The van der Waals surface area contributed by atoms with Gasteiger partial charge in [0.2, 0.25) is 10.0 Å². The zero-order valence-corrected chi connectivity index (χ0v) is 21.0. The molecule has 0 aliphatic rings. The summed E-state index contributed by atoms with van der Waals surface area (Å²) in [6, 6.07) is 19.0. The molecule has 3 rings (SSSR count). The number of carbonyl (C=O) groups is 1. The third-order valence-corrected chi connectivity index (χ3v) is 6.68. The lowest BCUT2D eigenvalue weighted by Crippen LogP contribution is -2.33. The standard InChI is InChI=1S/C25H27ClN2O5S/c1-17(19-8-6-5-7-9-19)27-25(29)21-14-23(32-2)24(33-3)15-22(21)28(34(4,30)31)16-18-10-12-20(26)13-11-18/h5-15,17H,16H2,1-4H3,(H,27,29)/t17-/m0/s1. The van der Waals surface area contributed by atoms with E-state index >= 15 is 0 Å². The van der Waals surface area contributed by atoms with E-state index in [9.17, 15) is 13.2 Å². The minimum absolute atomic E-state index is 0.00000412. The van der Waals surface area contributed by atoms with E-state index in [1.165, 1.54) is 30.7 Å². The molecule has 1 N–H and O–H groups in total. The summed E-state index contributed by atoms with van der Waals surface area (Å²) in [7, 11) is -0.884. The maximum Gasteiger partial charge on any atom is 0.254 e. The number of halogens is 1. The summed E-state index contributed by atoms with van der Waals surface area (Å²) in [4.78, 5) is 13.4. The van der Waals surface area contributed by atoms with Crippen LogP contribution < -0.4 is 19.1 Å². The number of methoxy groups -OCH3 is 2. The predicted molar refractivity (Wildman–Crippen MR) is 134 cm³/mol. The number of amides is 1. The van der Waals surface area contributed by atoms with Gasteiger partial charge in [0.05, 0.1) is 44.3 Å². The largest absolute Gasteiger partial charge is 0.493 e. The number of sulfonamides is 1. The van der Waals surface area contributed by atoms with Gasteiger partial charge in [-0.2, -0.15) is 0 Å². The van der Waals surface area contributed by atoms with Crippen molar-refractivity contribution >= 4 is 33.2 Å². The lowest BCUT2D eigenvalue weighted by atomic mass is 10.1. The van der Waals surface area contributed by atoms with E-state index in [-0.39, 0.29) is 23.8 Å². The van der Waals surface area contributed by atoms with Gasteiger partial charge in [-0.1, -0.05) is 54.1 Å². The SMILES string of the molecule is COc1cc(C(=O)N[C@@H](C)c2ccccc2)c(N(Cc2ccc(Cl)cc2)S(C)(=O)=O)cc1OC. The quantitative estimate of drug-likeness (QED) is 0.453. The fourth-order valence-corrected chi connectivity index (χ4v) is 4.51. The lowest BCUT2D eigenvalue weighted by molar-refractivity contribution is 0.0940. The van der Waals surface area contributed by atoms with Gasteiger partial charge in [0, 0.05) is 11.1 Å². The summed E-state index contributed by atoms with van der Waals surface area (Å²) in [5.41, 5.74) is 1.93. The van der Waals surface area contributed by atoms with Gasteiger partial charge in [-0.25, -0.2) is 8.42 Å². The van der Waals surface area contributed by atoms with Gasteiger partial charge in [-0.15, -0.1) is 0 Å². The van der Waals surface area contributed by atoms with Crippen LogP contribution in [0.25, 0.3) is 0 Å². The Morgan fingerprint density at radius 3 is 2.15 bits per heavy atom. The van der Waals surface area contributed by atoms with Crippen molar-refractivity contribution in [3.63, 3.8) is 0 Å². The molecule has 0 aliphatic heterocycles. The second-order valence-corrected chi connectivity index (χ2v) is 10.1. The highest BCUT2D eigenvalue weighted by Crippen LogP contribution is 2.37. The van der Waals surface area contributed by atoms with Crippen LogP contribution in [-0.2, 0) is 16.6 Å². The van der Waals surface area contributed by atoms with Crippen molar-refractivity contribution in [2.75, 3.05) is 24.8 Å². The molecule has 0 fully saturated rings. The molecule has 3 aromatic rings. The molecule has 0 aromatic heterocycles. The minimum atomic E-state index is -3.78. The van der Waals surface area contributed by atoms with Crippen LogP contribution in [0.1, 0.15) is 34.5 Å². The maximum atomic E-state index is 13.4. The first-order valence-electron chi connectivity index (χ1n) is 10.5. The Labute approximate surface area is 205 Å². The van der Waals surface area contributed by atoms with E-state index in [1.54, 1.807) is 24.3 Å². The average Bonchev–Trinajstić information content (AvgIpc) is 2.82. The predicted octanol–water partition coefficient (Wildman–Crippen LogP) is 4.81. The number of rotatable bonds is 9. The number of nitrogens with zero attached hydrogens (tertiary/aromatic N) is 1.